The summed E-state index contributed by atoms with van der Waals surface area (Å²) in [4.78, 5) is 3.54. The van der Waals surface area contributed by atoms with Crippen LogP contribution in [0, 0.1) is 11.3 Å². The Morgan fingerprint density at radius 2 is 2.00 bits per heavy atom. The van der Waals surface area contributed by atoms with Crippen molar-refractivity contribution in [3.8, 4) is 6.07 Å². The predicted molar refractivity (Wildman–Crippen MR) is 75.4 cm³/mol. The van der Waals surface area contributed by atoms with Gasteiger partial charge in [0, 0.05) is 18.0 Å². The van der Waals surface area contributed by atoms with E-state index < -0.39 is 0 Å². The van der Waals surface area contributed by atoms with Gasteiger partial charge in [-0.25, -0.2) is 0 Å². The van der Waals surface area contributed by atoms with Crippen molar-refractivity contribution in [2.45, 2.75) is 12.5 Å². The molecule has 18 heavy (non-hydrogen) atoms. The molecule has 0 spiro atoms. The maximum absolute atomic E-state index is 9.28. The molecule has 92 valence electrons. The second-order valence-corrected chi connectivity index (χ2v) is 5.40. The highest BCUT2D eigenvalue weighted by Crippen LogP contribution is 2.17. The molecular weight excluding hydrogens is 240 g/mol. The van der Waals surface area contributed by atoms with Gasteiger partial charge >= 0.3 is 0 Å². The van der Waals surface area contributed by atoms with Crippen LogP contribution in [0.5, 0.6) is 0 Å². The van der Waals surface area contributed by atoms with Gasteiger partial charge in [-0.2, -0.15) is 5.26 Å². The maximum Gasteiger partial charge on any atom is 0.0839 e. The maximum atomic E-state index is 9.28. The zero-order valence-corrected chi connectivity index (χ0v) is 11.2. The summed E-state index contributed by atoms with van der Waals surface area (Å²) >= 11 is 1.76. The molecule has 3 heteroatoms. The van der Waals surface area contributed by atoms with E-state index in [9.17, 15) is 5.26 Å². The largest absolute Gasteiger partial charge is 0.300 e. The first-order valence-electron chi connectivity index (χ1n) is 5.95. The second-order valence-electron chi connectivity index (χ2n) is 4.37. The number of thiophene rings is 1. The average Bonchev–Trinajstić information content (AvgIpc) is 2.90. The Bertz CT molecular complexity index is 499. The van der Waals surface area contributed by atoms with Crippen LogP contribution in [0.15, 0.2) is 47.8 Å². The van der Waals surface area contributed by atoms with Gasteiger partial charge < -0.3 is 0 Å². The van der Waals surface area contributed by atoms with Crippen LogP contribution in [-0.2, 0) is 6.54 Å². The van der Waals surface area contributed by atoms with Gasteiger partial charge in [0.1, 0.15) is 0 Å². The normalized spacial score (nSPS) is 12.3. The van der Waals surface area contributed by atoms with Gasteiger partial charge in [-0.3, -0.25) is 4.90 Å². The number of hydrogen-bond acceptors (Lipinski definition) is 3. The summed E-state index contributed by atoms with van der Waals surface area (Å²) in [7, 11) is 2.06. The number of nitriles is 1. The highest BCUT2D eigenvalue weighted by molar-refractivity contribution is 7.09. The van der Waals surface area contributed by atoms with Crippen LogP contribution in [0.4, 0.5) is 0 Å². The first kappa shape index (κ1) is 12.8. The molecule has 1 aromatic carbocycles. The SMILES string of the molecule is CN(Cc1cccs1)CC(C#N)c1ccccc1. The summed E-state index contributed by atoms with van der Waals surface area (Å²) in [5, 5.41) is 11.4. The lowest BCUT2D eigenvalue weighted by Gasteiger charge is -2.19. The van der Waals surface area contributed by atoms with Crippen molar-refractivity contribution in [3.63, 3.8) is 0 Å². The third-order valence-corrected chi connectivity index (χ3v) is 3.72. The summed E-state index contributed by atoms with van der Waals surface area (Å²) in [6, 6.07) is 16.6. The van der Waals surface area contributed by atoms with Crippen molar-refractivity contribution in [2.75, 3.05) is 13.6 Å². The van der Waals surface area contributed by atoms with Gasteiger partial charge in [-0.1, -0.05) is 36.4 Å². The zero-order valence-electron chi connectivity index (χ0n) is 10.4. The van der Waals surface area contributed by atoms with E-state index in [4.69, 9.17) is 0 Å². The molecule has 0 N–H and O–H groups in total. The minimum absolute atomic E-state index is 0.0591. The molecule has 1 atom stereocenters. The van der Waals surface area contributed by atoms with Crippen molar-refractivity contribution in [1.29, 1.82) is 5.26 Å². The van der Waals surface area contributed by atoms with Crippen molar-refractivity contribution in [1.82, 2.24) is 4.90 Å². The lowest BCUT2D eigenvalue weighted by atomic mass is 10.0. The van der Waals surface area contributed by atoms with Crippen molar-refractivity contribution >= 4 is 11.3 Å². The van der Waals surface area contributed by atoms with E-state index in [1.54, 1.807) is 11.3 Å². The third-order valence-electron chi connectivity index (χ3n) is 2.86. The van der Waals surface area contributed by atoms with Crippen LogP contribution in [0.3, 0.4) is 0 Å². The summed E-state index contributed by atoms with van der Waals surface area (Å²) in [5.74, 6) is -0.0591. The first-order chi connectivity index (χ1) is 8.79. The van der Waals surface area contributed by atoms with E-state index >= 15 is 0 Å². The molecule has 2 nitrogen and oxygen atoms in total. The smallest absolute Gasteiger partial charge is 0.0839 e. The molecule has 1 heterocycles. The number of hydrogen-bond donors (Lipinski definition) is 0. The van der Waals surface area contributed by atoms with E-state index in [0.29, 0.717) is 0 Å². The molecule has 0 radical (unpaired) electrons. The monoisotopic (exact) mass is 256 g/mol. The van der Waals surface area contributed by atoms with E-state index in [0.717, 1.165) is 18.7 Å². The van der Waals surface area contributed by atoms with E-state index in [1.807, 2.05) is 30.3 Å². The molecule has 0 saturated heterocycles. The Labute approximate surface area is 112 Å². The Morgan fingerprint density at radius 1 is 1.22 bits per heavy atom. The molecule has 0 aliphatic rings. The fraction of sp³-hybridized carbons (Fsp3) is 0.267. The second kappa shape index (κ2) is 6.34. The molecular formula is C15H16N2S. The number of likely N-dealkylation sites (N-methyl/N-ethyl adjacent to an activating group) is 1. The van der Waals surface area contributed by atoms with Gasteiger partial charge in [0.05, 0.1) is 12.0 Å². The first-order valence-corrected chi connectivity index (χ1v) is 6.83. The highest BCUT2D eigenvalue weighted by Gasteiger charge is 2.13. The molecule has 0 aliphatic heterocycles. The Kier molecular flexibility index (Phi) is 4.52. The van der Waals surface area contributed by atoms with E-state index in [-0.39, 0.29) is 5.92 Å². The topological polar surface area (TPSA) is 27.0 Å². The quantitative estimate of drug-likeness (QED) is 0.819. The molecule has 0 saturated carbocycles. The third kappa shape index (κ3) is 3.43. The number of nitrogens with zero attached hydrogens (tertiary/aromatic N) is 2. The van der Waals surface area contributed by atoms with Crippen molar-refractivity contribution < 1.29 is 0 Å². The van der Waals surface area contributed by atoms with Crippen LogP contribution in [0.1, 0.15) is 16.4 Å². The number of benzene rings is 1. The molecule has 0 bridgehead atoms. The van der Waals surface area contributed by atoms with E-state index in [2.05, 4.69) is 35.5 Å². The summed E-state index contributed by atoms with van der Waals surface area (Å²) in [5.41, 5.74) is 1.10. The van der Waals surface area contributed by atoms with Gasteiger partial charge in [0.25, 0.3) is 0 Å². The average molecular weight is 256 g/mol. The van der Waals surface area contributed by atoms with Gasteiger partial charge in [-0.15, -0.1) is 11.3 Å². The molecule has 1 aromatic heterocycles. The summed E-state index contributed by atoms with van der Waals surface area (Å²) in [6.45, 7) is 1.67. The molecule has 0 fully saturated rings. The van der Waals surface area contributed by atoms with Crippen LogP contribution in [-0.4, -0.2) is 18.5 Å². The Morgan fingerprint density at radius 3 is 2.61 bits per heavy atom. The van der Waals surface area contributed by atoms with Crippen LogP contribution in [0.2, 0.25) is 0 Å². The summed E-state index contributed by atoms with van der Waals surface area (Å²) < 4.78 is 0. The van der Waals surface area contributed by atoms with Crippen molar-refractivity contribution in [3.05, 3.63) is 58.3 Å². The van der Waals surface area contributed by atoms with Crippen LogP contribution < -0.4 is 0 Å². The lowest BCUT2D eigenvalue weighted by molar-refractivity contribution is 0.323. The number of rotatable bonds is 5. The highest BCUT2D eigenvalue weighted by atomic mass is 32.1. The fourth-order valence-electron chi connectivity index (χ4n) is 1.95. The standard InChI is InChI=1S/C15H16N2S/c1-17(12-15-8-5-9-18-15)11-14(10-16)13-6-3-2-4-7-13/h2-9,14H,11-12H2,1H3. The predicted octanol–water partition coefficient (Wildman–Crippen LogP) is 3.49. The fourth-order valence-corrected chi connectivity index (χ4v) is 2.73. The van der Waals surface area contributed by atoms with E-state index in [1.165, 1.54) is 4.88 Å². The minimum atomic E-state index is -0.0591. The van der Waals surface area contributed by atoms with Crippen LogP contribution >= 0.6 is 11.3 Å². The minimum Gasteiger partial charge on any atom is -0.300 e. The summed E-state index contributed by atoms with van der Waals surface area (Å²) in [6.07, 6.45) is 0. The van der Waals surface area contributed by atoms with Gasteiger partial charge in [-0.05, 0) is 24.1 Å². The molecule has 0 aliphatic carbocycles. The Balaban J connectivity index is 1.97. The zero-order chi connectivity index (χ0) is 12.8. The van der Waals surface area contributed by atoms with Gasteiger partial charge in [0.15, 0.2) is 0 Å². The molecule has 0 amide bonds. The van der Waals surface area contributed by atoms with Crippen molar-refractivity contribution in [2.24, 2.45) is 0 Å². The van der Waals surface area contributed by atoms with Gasteiger partial charge in [0.2, 0.25) is 0 Å². The Hall–Kier alpha value is -1.63. The lowest BCUT2D eigenvalue weighted by Crippen LogP contribution is -2.23. The molecule has 1 unspecified atom stereocenters. The molecule has 2 rings (SSSR count). The van der Waals surface area contributed by atoms with Crippen LogP contribution in [0.25, 0.3) is 0 Å². The molecule has 2 aromatic rings.